The number of hydrogen-bond donors (Lipinski definition) is 1. The molecule has 3 aromatic heterocycles. The van der Waals surface area contributed by atoms with Crippen LogP contribution in [-0.4, -0.2) is 47.2 Å². The molecule has 0 spiro atoms. The zero-order valence-corrected chi connectivity index (χ0v) is 16.4. The number of benzene rings is 1. The lowest BCUT2D eigenvalue weighted by Crippen LogP contribution is -2.35. The van der Waals surface area contributed by atoms with E-state index in [0.717, 1.165) is 19.3 Å². The monoisotopic (exact) mass is 409 g/mol. The van der Waals surface area contributed by atoms with Gasteiger partial charge >= 0.3 is 0 Å². The fraction of sp³-hybridized carbons (Fsp3) is 0.350. The lowest BCUT2D eigenvalue weighted by Gasteiger charge is -2.28. The lowest BCUT2D eigenvalue weighted by molar-refractivity contribution is 0.0672. The number of fused-ring (bicyclic) bond motifs is 1. The third-order valence-corrected chi connectivity index (χ3v) is 5.42. The topological polar surface area (TPSA) is 106 Å². The van der Waals surface area contributed by atoms with E-state index < -0.39 is 5.82 Å². The van der Waals surface area contributed by atoms with Crippen LogP contribution in [-0.2, 0) is 7.05 Å². The summed E-state index contributed by atoms with van der Waals surface area (Å²) in [5.41, 5.74) is 1.89. The van der Waals surface area contributed by atoms with Crippen molar-refractivity contribution in [2.45, 2.75) is 31.7 Å². The van der Waals surface area contributed by atoms with Gasteiger partial charge in [-0.25, -0.2) is 9.37 Å². The largest absolute Gasteiger partial charge is 0.344 e. The number of nitrogens with one attached hydrogen (secondary N) is 1. The molecule has 0 saturated carbocycles. The average molecular weight is 409 g/mol. The second-order valence-electron chi connectivity index (χ2n) is 7.48. The van der Waals surface area contributed by atoms with Gasteiger partial charge in [0.1, 0.15) is 11.3 Å². The van der Waals surface area contributed by atoms with E-state index >= 15 is 0 Å². The van der Waals surface area contributed by atoms with Gasteiger partial charge in [-0.2, -0.15) is 10.1 Å². The number of amides is 1. The van der Waals surface area contributed by atoms with E-state index in [1.54, 1.807) is 29.0 Å². The lowest BCUT2D eigenvalue weighted by atomic mass is 10.1. The highest BCUT2D eigenvalue weighted by molar-refractivity contribution is 6.05. The molecule has 1 fully saturated rings. The Bertz CT molecular complexity index is 1210. The molecule has 1 atom stereocenters. The van der Waals surface area contributed by atoms with Crippen molar-refractivity contribution in [2.24, 2.45) is 7.05 Å². The number of halogens is 1. The molecule has 4 heterocycles. The van der Waals surface area contributed by atoms with E-state index in [9.17, 15) is 9.18 Å². The standard InChI is InChI=1S/C20H20FN7O2/c1-27-10-12(9-24-27)19-25-18(26-30-19)16-5-3-2-4-6-28(16)20(29)14-7-13(21)8-15-17(14)23-11-22-15/h7-11,16H,2-6H2,1H3,(H,22,23)/t16-/m1/s1. The maximum Gasteiger partial charge on any atom is 0.261 e. The smallest absolute Gasteiger partial charge is 0.261 e. The molecule has 1 aromatic carbocycles. The number of rotatable bonds is 3. The van der Waals surface area contributed by atoms with Crippen LogP contribution >= 0.6 is 0 Å². The minimum Gasteiger partial charge on any atom is -0.344 e. The predicted molar refractivity (Wildman–Crippen MR) is 105 cm³/mol. The Morgan fingerprint density at radius 2 is 2.20 bits per heavy atom. The third kappa shape index (κ3) is 3.23. The van der Waals surface area contributed by atoms with Crippen LogP contribution < -0.4 is 0 Å². The van der Waals surface area contributed by atoms with E-state index in [0.29, 0.717) is 41.3 Å². The summed E-state index contributed by atoms with van der Waals surface area (Å²) in [6.07, 6.45) is 8.38. The van der Waals surface area contributed by atoms with Crippen LogP contribution in [0.2, 0.25) is 0 Å². The van der Waals surface area contributed by atoms with Crippen molar-refractivity contribution in [1.82, 2.24) is 34.8 Å². The summed E-state index contributed by atoms with van der Waals surface area (Å²) >= 11 is 0. The molecule has 1 amide bonds. The SMILES string of the molecule is Cn1cc(-c2nc([C@H]3CCCCCN3C(=O)c3cc(F)cc4[nH]cnc34)no2)cn1. The van der Waals surface area contributed by atoms with E-state index in [1.165, 1.54) is 18.5 Å². The highest BCUT2D eigenvalue weighted by Gasteiger charge is 2.32. The first-order valence-electron chi connectivity index (χ1n) is 9.86. The van der Waals surface area contributed by atoms with Crippen LogP contribution in [0.3, 0.4) is 0 Å². The van der Waals surface area contributed by atoms with Gasteiger partial charge in [-0.05, 0) is 25.0 Å². The molecule has 0 unspecified atom stereocenters. The van der Waals surface area contributed by atoms with Crippen LogP contribution in [0, 0.1) is 5.82 Å². The number of H-pyrrole nitrogens is 1. The van der Waals surface area contributed by atoms with E-state index in [1.807, 2.05) is 0 Å². The highest BCUT2D eigenvalue weighted by Crippen LogP contribution is 2.32. The Morgan fingerprint density at radius 3 is 3.03 bits per heavy atom. The molecule has 10 heteroatoms. The third-order valence-electron chi connectivity index (χ3n) is 5.42. The number of hydrogen-bond acceptors (Lipinski definition) is 6. The van der Waals surface area contributed by atoms with Gasteiger partial charge in [0.25, 0.3) is 11.8 Å². The molecule has 0 aliphatic carbocycles. The normalized spacial score (nSPS) is 17.4. The maximum atomic E-state index is 14.1. The number of aromatic nitrogens is 6. The van der Waals surface area contributed by atoms with Crippen LogP contribution in [0.1, 0.15) is 47.9 Å². The van der Waals surface area contributed by atoms with Crippen LogP contribution in [0.5, 0.6) is 0 Å². The molecule has 5 rings (SSSR count). The van der Waals surface area contributed by atoms with Gasteiger partial charge in [0.05, 0.1) is 35.2 Å². The Balaban J connectivity index is 1.51. The number of aromatic amines is 1. The van der Waals surface area contributed by atoms with Crippen LogP contribution in [0.15, 0.2) is 35.4 Å². The van der Waals surface area contributed by atoms with E-state index in [4.69, 9.17) is 4.52 Å². The molecule has 1 aliphatic rings. The maximum absolute atomic E-state index is 14.1. The second kappa shape index (κ2) is 7.36. The summed E-state index contributed by atoms with van der Waals surface area (Å²) in [7, 11) is 1.81. The number of aryl methyl sites for hydroxylation is 1. The van der Waals surface area contributed by atoms with Crippen molar-refractivity contribution >= 4 is 16.9 Å². The van der Waals surface area contributed by atoms with Crippen molar-refractivity contribution in [3.8, 4) is 11.5 Å². The van der Waals surface area contributed by atoms with Crippen LogP contribution in [0.4, 0.5) is 4.39 Å². The summed E-state index contributed by atoms with van der Waals surface area (Å²) in [5.74, 6) is 0.0279. The molecule has 1 saturated heterocycles. The van der Waals surface area contributed by atoms with Gasteiger partial charge in [-0.1, -0.05) is 18.0 Å². The van der Waals surface area contributed by atoms with E-state index in [2.05, 4.69) is 25.2 Å². The molecular weight excluding hydrogens is 389 g/mol. The van der Waals surface area contributed by atoms with Crippen molar-refractivity contribution in [1.29, 1.82) is 0 Å². The van der Waals surface area contributed by atoms with Crippen molar-refractivity contribution in [2.75, 3.05) is 6.54 Å². The molecule has 30 heavy (non-hydrogen) atoms. The summed E-state index contributed by atoms with van der Waals surface area (Å²) in [5, 5.41) is 8.27. The molecule has 1 aliphatic heterocycles. The van der Waals surface area contributed by atoms with Crippen molar-refractivity contribution < 1.29 is 13.7 Å². The molecule has 9 nitrogen and oxygen atoms in total. The van der Waals surface area contributed by atoms with Crippen molar-refractivity contribution in [3.05, 3.63) is 48.1 Å². The van der Waals surface area contributed by atoms with E-state index in [-0.39, 0.29) is 17.5 Å². The summed E-state index contributed by atoms with van der Waals surface area (Å²) in [6, 6.07) is 2.22. The molecule has 154 valence electrons. The minimum atomic E-state index is -0.486. The Kier molecular flexibility index (Phi) is 4.53. The molecule has 0 bridgehead atoms. The van der Waals surface area contributed by atoms with Gasteiger partial charge in [0.2, 0.25) is 0 Å². The van der Waals surface area contributed by atoms with Gasteiger partial charge in [-0.3, -0.25) is 9.48 Å². The fourth-order valence-electron chi connectivity index (χ4n) is 3.97. The molecular formula is C20H20FN7O2. The Labute approximate surface area is 170 Å². The first-order valence-corrected chi connectivity index (χ1v) is 9.86. The minimum absolute atomic E-state index is 0.231. The van der Waals surface area contributed by atoms with Gasteiger partial charge in [-0.15, -0.1) is 0 Å². The highest BCUT2D eigenvalue weighted by atomic mass is 19.1. The second-order valence-corrected chi connectivity index (χ2v) is 7.48. The number of imidazole rings is 1. The summed E-state index contributed by atoms with van der Waals surface area (Å²) in [4.78, 5) is 26.8. The van der Waals surface area contributed by atoms with Crippen molar-refractivity contribution in [3.63, 3.8) is 0 Å². The predicted octanol–water partition coefficient (Wildman–Crippen LogP) is 3.24. The summed E-state index contributed by atoms with van der Waals surface area (Å²) < 4.78 is 21.2. The van der Waals surface area contributed by atoms with Gasteiger partial charge in [0, 0.05) is 19.8 Å². The molecule has 0 radical (unpaired) electrons. The zero-order chi connectivity index (χ0) is 20.7. The molecule has 4 aromatic rings. The number of likely N-dealkylation sites (tertiary alicyclic amines) is 1. The first-order chi connectivity index (χ1) is 14.6. The number of nitrogens with zero attached hydrogens (tertiary/aromatic N) is 6. The van der Waals surface area contributed by atoms with Crippen LogP contribution in [0.25, 0.3) is 22.5 Å². The fourth-order valence-corrected chi connectivity index (χ4v) is 3.97. The summed E-state index contributed by atoms with van der Waals surface area (Å²) in [6.45, 7) is 0.530. The zero-order valence-electron chi connectivity index (χ0n) is 16.4. The van der Waals surface area contributed by atoms with Gasteiger partial charge < -0.3 is 14.4 Å². The Hall–Kier alpha value is -3.56. The quantitative estimate of drug-likeness (QED) is 0.557. The number of carbonyl (C=O) groups excluding carboxylic acids is 1. The Morgan fingerprint density at radius 1 is 1.30 bits per heavy atom. The number of carbonyl (C=O) groups is 1. The first kappa shape index (κ1) is 18.5. The average Bonchev–Trinajstić information content (AvgIpc) is 3.45. The van der Waals surface area contributed by atoms with Gasteiger partial charge in [0.15, 0.2) is 5.82 Å². The molecule has 1 N–H and O–H groups in total.